The Bertz CT molecular complexity index is 1330. The fraction of sp³-hybridized carbons (Fsp3) is 0.323. The predicted octanol–water partition coefficient (Wildman–Crippen LogP) is 5.08. The Labute approximate surface area is 228 Å². The van der Waals surface area contributed by atoms with Crippen LogP contribution in [0, 0.1) is 5.82 Å². The largest absolute Gasteiger partial charge is 0.344 e. The standard InChI is InChI=1S/C31H35FN4O3/c1-3-7-29(37)35-27-16-14-23-18-25(32)15-17-28(23)36(30(27)38)20-21-10-12-22(13-11-21)26-9-6-5-8-24(26)19-34-31(39)33-4-2/h5-6,8-13,15,17-18,27H,3-4,7,14,16,19-20H2,1-2H3,(H,35,37)(H2,33,34,39)/t27-/m1/s1. The topological polar surface area (TPSA) is 90.5 Å². The Balaban J connectivity index is 1.56. The smallest absolute Gasteiger partial charge is 0.315 e. The van der Waals surface area contributed by atoms with Crippen LogP contribution in [0.1, 0.15) is 49.8 Å². The SMILES string of the molecule is CCCC(=O)N[C@@H]1CCc2cc(F)ccc2N(Cc2ccc(-c3ccccc3CNC(=O)NCC)cc2)C1=O. The lowest BCUT2D eigenvalue weighted by molar-refractivity contribution is -0.127. The van der Waals surface area contributed by atoms with Crippen LogP contribution in [0.25, 0.3) is 11.1 Å². The van der Waals surface area contributed by atoms with E-state index in [9.17, 15) is 18.8 Å². The second kappa shape index (κ2) is 13.0. The van der Waals surface area contributed by atoms with Crippen LogP contribution in [-0.4, -0.2) is 30.4 Å². The normalized spacial score (nSPS) is 14.8. The lowest BCUT2D eigenvalue weighted by Crippen LogP contribution is -2.47. The quantitative estimate of drug-likeness (QED) is 0.361. The summed E-state index contributed by atoms with van der Waals surface area (Å²) in [4.78, 5) is 39.5. The summed E-state index contributed by atoms with van der Waals surface area (Å²) >= 11 is 0. The molecular formula is C31H35FN4O3. The lowest BCUT2D eigenvalue weighted by atomic mass is 9.98. The first kappa shape index (κ1) is 27.8. The molecule has 4 rings (SSSR count). The molecule has 1 heterocycles. The summed E-state index contributed by atoms with van der Waals surface area (Å²) in [6, 6.07) is 19.4. The van der Waals surface area contributed by atoms with E-state index in [1.54, 1.807) is 11.0 Å². The third-order valence-corrected chi connectivity index (χ3v) is 6.81. The Morgan fingerprint density at radius 1 is 1.00 bits per heavy atom. The molecule has 1 aliphatic heterocycles. The predicted molar refractivity (Wildman–Crippen MR) is 151 cm³/mol. The average molecular weight is 531 g/mol. The van der Waals surface area contributed by atoms with E-state index in [0.717, 1.165) is 27.8 Å². The van der Waals surface area contributed by atoms with Gasteiger partial charge >= 0.3 is 6.03 Å². The molecule has 0 saturated carbocycles. The molecule has 39 heavy (non-hydrogen) atoms. The molecule has 1 atom stereocenters. The zero-order chi connectivity index (χ0) is 27.8. The van der Waals surface area contributed by atoms with Crippen molar-refractivity contribution in [3.8, 4) is 11.1 Å². The maximum atomic E-state index is 14.1. The minimum Gasteiger partial charge on any atom is -0.344 e. The van der Waals surface area contributed by atoms with Crippen molar-refractivity contribution in [2.24, 2.45) is 0 Å². The van der Waals surface area contributed by atoms with Crippen molar-refractivity contribution < 1.29 is 18.8 Å². The molecule has 8 heteroatoms. The van der Waals surface area contributed by atoms with E-state index >= 15 is 0 Å². The summed E-state index contributed by atoms with van der Waals surface area (Å²) in [6.07, 6.45) is 1.96. The highest BCUT2D eigenvalue weighted by Crippen LogP contribution is 2.30. The number of anilines is 1. The van der Waals surface area contributed by atoms with Crippen molar-refractivity contribution >= 4 is 23.5 Å². The van der Waals surface area contributed by atoms with Gasteiger partial charge in [-0.25, -0.2) is 9.18 Å². The van der Waals surface area contributed by atoms with E-state index in [-0.39, 0.29) is 30.2 Å². The van der Waals surface area contributed by atoms with Gasteiger partial charge in [-0.2, -0.15) is 0 Å². The van der Waals surface area contributed by atoms with E-state index < -0.39 is 6.04 Å². The van der Waals surface area contributed by atoms with Gasteiger partial charge in [0.05, 0.1) is 6.54 Å². The van der Waals surface area contributed by atoms with Crippen molar-refractivity contribution in [2.45, 2.75) is 58.7 Å². The second-order valence-electron chi connectivity index (χ2n) is 9.67. The van der Waals surface area contributed by atoms with E-state index in [0.29, 0.717) is 44.5 Å². The van der Waals surface area contributed by atoms with Gasteiger partial charge in [0.1, 0.15) is 11.9 Å². The van der Waals surface area contributed by atoms with Crippen LogP contribution in [0.2, 0.25) is 0 Å². The van der Waals surface area contributed by atoms with Crippen LogP contribution in [-0.2, 0) is 29.1 Å². The van der Waals surface area contributed by atoms with Gasteiger partial charge in [0.15, 0.2) is 0 Å². The molecule has 0 aliphatic carbocycles. The molecule has 0 radical (unpaired) electrons. The molecule has 0 unspecified atom stereocenters. The number of carbonyl (C=O) groups excluding carboxylic acids is 3. The molecule has 0 aromatic heterocycles. The average Bonchev–Trinajstić information content (AvgIpc) is 3.05. The maximum Gasteiger partial charge on any atom is 0.315 e. The number of nitrogens with zero attached hydrogens (tertiary/aromatic N) is 1. The van der Waals surface area contributed by atoms with Gasteiger partial charge in [-0.05, 0) is 72.2 Å². The van der Waals surface area contributed by atoms with Gasteiger partial charge in [0, 0.05) is 25.2 Å². The number of urea groups is 1. The van der Waals surface area contributed by atoms with Crippen LogP contribution in [0.4, 0.5) is 14.9 Å². The minimum absolute atomic E-state index is 0.155. The second-order valence-corrected chi connectivity index (χ2v) is 9.67. The third kappa shape index (κ3) is 7.02. The summed E-state index contributed by atoms with van der Waals surface area (Å²) in [5.41, 5.74) is 5.30. The van der Waals surface area contributed by atoms with Crippen LogP contribution in [0.3, 0.4) is 0 Å². The van der Waals surface area contributed by atoms with Gasteiger partial charge in [0.25, 0.3) is 0 Å². The van der Waals surface area contributed by atoms with Gasteiger partial charge in [-0.1, -0.05) is 55.5 Å². The monoisotopic (exact) mass is 530 g/mol. The zero-order valence-corrected chi connectivity index (χ0v) is 22.4. The zero-order valence-electron chi connectivity index (χ0n) is 22.4. The molecule has 0 spiro atoms. The number of nitrogens with one attached hydrogen (secondary N) is 3. The molecule has 204 valence electrons. The van der Waals surface area contributed by atoms with E-state index in [1.165, 1.54) is 12.1 Å². The molecule has 3 aromatic carbocycles. The molecule has 1 aliphatic rings. The van der Waals surface area contributed by atoms with E-state index in [4.69, 9.17) is 0 Å². The van der Waals surface area contributed by atoms with Crippen molar-refractivity contribution in [1.29, 1.82) is 0 Å². The highest BCUT2D eigenvalue weighted by atomic mass is 19.1. The molecular weight excluding hydrogens is 495 g/mol. The highest BCUT2D eigenvalue weighted by molar-refractivity contribution is 6.00. The van der Waals surface area contributed by atoms with Crippen molar-refractivity contribution in [3.05, 3.63) is 89.2 Å². The third-order valence-electron chi connectivity index (χ3n) is 6.81. The van der Waals surface area contributed by atoms with Gasteiger partial charge < -0.3 is 20.9 Å². The first-order valence-electron chi connectivity index (χ1n) is 13.5. The molecule has 0 bridgehead atoms. The van der Waals surface area contributed by atoms with Gasteiger partial charge in [0.2, 0.25) is 11.8 Å². The Morgan fingerprint density at radius 3 is 2.51 bits per heavy atom. The number of fused-ring (bicyclic) bond motifs is 1. The van der Waals surface area contributed by atoms with Crippen LogP contribution in [0.15, 0.2) is 66.7 Å². The van der Waals surface area contributed by atoms with Crippen LogP contribution in [0.5, 0.6) is 0 Å². The number of benzene rings is 3. The van der Waals surface area contributed by atoms with Gasteiger partial charge in [-0.3, -0.25) is 9.59 Å². The molecule has 3 N–H and O–H groups in total. The molecule has 0 saturated heterocycles. The van der Waals surface area contributed by atoms with Crippen molar-refractivity contribution in [1.82, 2.24) is 16.0 Å². The number of halogens is 1. The maximum absolute atomic E-state index is 14.1. The molecule has 7 nitrogen and oxygen atoms in total. The Kier molecular flexibility index (Phi) is 9.31. The summed E-state index contributed by atoms with van der Waals surface area (Å²) in [5.74, 6) is -0.701. The molecule has 3 aromatic rings. The number of aryl methyl sites for hydroxylation is 1. The highest BCUT2D eigenvalue weighted by Gasteiger charge is 2.31. The Hall–Kier alpha value is -4.20. The fourth-order valence-electron chi connectivity index (χ4n) is 4.87. The van der Waals surface area contributed by atoms with Crippen LogP contribution < -0.4 is 20.9 Å². The Morgan fingerprint density at radius 2 is 1.77 bits per heavy atom. The molecule has 4 amide bonds. The van der Waals surface area contributed by atoms with Crippen LogP contribution >= 0.6 is 0 Å². The number of hydrogen-bond acceptors (Lipinski definition) is 3. The van der Waals surface area contributed by atoms with E-state index in [2.05, 4.69) is 16.0 Å². The first-order valence-corrected chi connectivity index (χ1v) is 13.5. The molecule has 0 fully saturated rings. The number of hydrogen-bond donors (Lipinski definition) is 3. The number of carbonyl (C=O) groups is 3. The number of amides is 4. The summed E-state index contributed by atoms with van der Waals surface area (Å²) in [6.45, 7) is 5.03. The lowest BCUT2D eigenvalue weighted by Gasteiger charge is -2.26. The van der Waals surface area contributed by atoms with Gasteiger partial charge in [-0.15, -0.1) is 0 Å². The summed E-state index contributed by atoms with van der Waals surface area (Å²) in [7, 11) is 0. The first-order chi connectivity index (χ1) is 18.9. The fourth-order valence-corrected chi connectivity index (χ4v) is 4.87. The summed E-state index contributed by atoms with van der Waals surface area (Å²) in [5, 5.41) is 8.49. The minimum atomic E-state index is -0.664. The summed E-state index contributed by atoms with van der Waals surface area (Å²) < 4.78 is 14.1. The van der Waals surface area contributed by atoms with Crippen molar-refractivity contribution in [2.75, 3.05) is 11.4 Å². The van der Waals surface area contributed by atoms with E-state index in [1.807, 2.05) is 62.4 Å². The number of rotatable bonds is 9. The van der Waals surface area contributed by atoms with Crippen molar-refractivity contribution in [3.63, 3.8) is 0 Å².